The number of hydrogen-bond donors (Lipinski definition) is 1. The van der Waals surface area contributed by atoms with Gasteiger partial charge in [-0.2, -0.15) is 0 Å². The first kappa shape index (κ1) is 15.4. The maximum atomic E-state index is 13.1. The van der Waals surface area contributed by atoms with Crippen LogP contribution in [0.3, 0.4) is 0 Å². The standard InChI is InChI=1S/C15H20FN3O2/c1-17-14(20)11-18-5-7-19(8-6-18)15(21)10-12-3-2-4-13(16)9-12/h2-4,9H,5-8,10-11H2,1H3,(H,17,20). The van der Waals surface area contributed by atoms with Crippen LogP contribution in [-0.2, 0) is 16.0 Å². The van der Waals surface area contributed by atoms with Crippen molar-refractivity contribution in [3.8, 4) is 0 Å². The molecule has 0 saturated carbocycles. The van der Waals surface area contributed by atoms with Crippen LogP contribution < -0.4 is 5.32 Å². The Balaban J connectivity index is 1.82. The van der Waals surface area contributed by atoms with E-state index < -0.39 is 0 Å². The molecular formula is C15H20FN3O2. The topological polar surface area (TPSA) is 52.7 Å². The minimum absolute atomic E-state index is 0.000179. The normalized spacial score (nSPS) is 15.8. The SMILES string of the molecule is CNC(=O)CN1CCN(C(=O)Cc2cccc(F)c2)CC1. The number of piperazine rings is 1. The molecule has 0 bridgehead atoms. The summed E-state index contributed by atoms with van der Waals surface area (Å²) in [6, 6.07) is 6.12. The fraction of sp³-hybridized carbons (Fsp3) is 0.467. The van der Waals surface area contributed by atoms with Crippen LogP contribution in [0.1, 0.15) is 5.56 Å². The van der Waals surface area contributed by atoms with Gasteiger partial charge in [-0.05, 0) is 17.7 Å². The molecule has 1 aromatic carbocycles. The van der Waals surface area contributed by atoms with E-state index in [2.05, 4.69) is 5.32 Å². The summed E-state index contributed by atoms with van der Waals surface area (Å²) < 4.78 is 13.1. The number of nitrogens with one attached hydrogen (secondary N) is 1. The van der Waals surface area contributed by atoms with Gasteiger partial charge in [-0.15, -0.1) is 0 Å². The first-order valence-electron chi connectivity index (χ1n) is 7.03. The van der Waals surface area contributed by atoms with Crippen molar-refractivity contribution in [3.05, 3.63) is 35.6 Å². The van der Waals surface area contributed by atoms with Crippen LogP contribution in [0, 0.1) is 5.82 Å². The van der Waals surface area contributed by atoms with Crippen molar-refractivity contribution in [2.75, 3.05) is 39.8 Å². The molecule has 2 amide bonds. The van der Waals surface area contributed by atoms with E-state index in [0.717, 1.165) is 0 Å². The molecule has 0 atom stereocenters. The van der Waals surface area contributed by atoms with Crippen molar-refractivity contribution in [1.82, 2.24) is 15.1 Å². The molecule has 6 heteroatoms. The van der Waals surface area contributed by atoms with Gasteiger partial charge in [-0.3, -0.25) is 14.5 Å². The van der Waals surface area contributed by atoms with Gasteiger partial charge in [0.1, 0.15) is 5.82 Å². The van der Waals surface area contributed by atoms with Gasteiger partial charge in [0.25, 0.3) is 0 Å². The summed E-state index contributed by atoms with van der Waals surface area (Å²) in [7, 11) is 1.61. The number of nitrogens with zero attached hydrogens (tertiary/aromatic N) is 2. The molecule has 1 aliphatic rings. The minimum atomic E-state index is -0.323. The van der Waals surface area contributed by atoms with Crippen molar-refractivity contribution in [1.29, 1.82) is 0 Å². The first-order valence-corrected chi connectivity index (χ1v) is 7.03. The smallest absolute Gasteiger partial charge is 0.233 e. The van der Waals surface area contributed by atoms with E-state index in [-0.39, 0.29) is 24.1 Å². The fourth-order valence-corrected chi connectivity index (χ4v) is 2.37. The van der Waals surface area contributed by atoms with Gasteiger partial charge >= 0.3 is 0 Å². The van der Waals surface area contributed by atoms with Crippen LogP contribution in [0.15, 0.2) is 24.3 Å². The maximum absolute atomic E-state index is 13.1. The van der Waals surface area contributed by atoms with E-state index in [1.54, 1.807) is 24.1 Å². The minimum Gasteiger partial charge on any atom is -0.358 e. The summed E-state index contributed by atoms with van der Waals surface area (Å²) in [4.78, 5) is 27.3. The lowest BCUT2D eigenvalue weighted by Crippen LogP contribution is -2.51. The third-order valence-corrected chi connectivity index (χ3v) is 3.62. The Morgan fingerprint density at radius 3 is 2.57 bits per heavy atom. The van der Waals surface area contributed by atoms with Gasteiger partial charge < -0.3 is 10.2 Å². The van der Waals surface area contributed by atoms with Crippen LogP contribution in [0.4, 0.5) is 4.39 Å². The van der Waals surface area contributed by atoms with E-state index in [4.69, 9.17) is 0 Å². The highest BCUT2D eigenvalue weighted by molar-refractivity contribution is 5.79. The predicted octanol–water partition coefficient (Wildman–Crippen LogP) is 0.258. The van der Waals surface area contributed by atoms with Crippen LogP contribution in [0.25, 0.3) is 0 Å². The lowest BCUT2D eigenvalue weighted by molar-refractivity contribution is -0.132. The third kappa shape index (κ3) is 4.53. The number of likely N-dealkylation sites (N-methyl/N-ethyl adjacent to an activating group) is 1. The van der Waals surface area contributed by atoms with Crippen molar-refractivity contribution < 1.29 is 14.0 Å². The Kier molecular flexibility index (Phi) is 5.27. The average Bonchev–Trinajstić information content (AvgIpc) is 2.47. The lowest BCUT2D eigenvalue weighted by atomic mass is 10.1. The molecule has 0 unspecified atom stereocenters. The summed E-state index contributed by atoms with van der Waals surface area (Å²) in [6.07, 6.45) is 0.215. The van der Waals surface area contributed by atoms with Gasteiger partial charge in [0, 0.05) is 33.2 Å². The van der Waals surface area contributed by atoms with E-state index in [1.165, 1.54) is 12.1 Å². The second-order valence-electron chi connectivity index (χ2n) is 5.14. The van der Waals surface area contributed by atoms with Crippen molar-refractivity contribution in [3.63, 3.8) is 0 Å². The molecule has 114 valence electrons. The zero-order valence-electron chi connectivity index (χ0n) is 12.1. The number of amides is 2. The quantitative estimate of drug-likeness (QED) is 0.866. The first-order chi connectivity index (χ1) is 10.1. The molecule has 1 fully saturated rings. The lowest BCUT2D eigenvalue weighted by Gasteiger charge is -2.34. The Hall–Kier alpha value is -1.95. The second kappa shape index (κ2) is 7.17. The molecule has 0 radical (unpaired) electrons. The highest BCUT2D eigenvalue weighted by Gasteiger charge is 2.22. The second-order valence-corrected chi connectivity index (χ2v) is 5.14. The van der Waals surface area contributed by atoms with E-state index in [1.807, 2.05) is 4.90 Å². The van der Waals surface area contributed by atoms with Gasteiger partial charge in [-0.25, -0.2) is 4.39 Å². The predicted molar refractivity (Wildman–Crippen MR) is 77.2 cm³/mol. The van der Waals surface area contributed by atoms with Crippen molar-refractivity contribution in [2.24, 2.45) is 0 Å². The Bertz CT molecular complexity index is 513. The van der Waals surface area contributed by atoms with E-state index >= 15 is 0 Å². The van der Waals surface area contributed by atoms with Gasteiger partial charge in [-0.1, -0.05) is 12.1 Å². The third-order valence-electron chi connectivity index (χ3n) is 3.62. The number of carbonyl (C=O) groups is 2. The van der Waals surface area contributed by atoms with Crippen LogP contribution in [0.5, 0.6) is 0 Å². The van der Waals surface area contributed by atoms with E-state index in [9.17, 15) is 14.0 Å². The monoisotopic (exact) mass is 293 g/mol. The molecule has 1 heterocycles. The van der Waals surface area contributed by atoms with Crippen molar-refractivity contribution in [2.45, 2.75) is 6.42 Å². The van der Waals surface area contributed by atoms with Crippen LogP contribution in [0.2, 0.25) is 0 Å². The number of rotatable bonds is 4. The summed E-state index contributed by atoms with van der Waals surface area (Å²) in [5.74, 6) is -0.342. The molecule has 5 nitrogen and oxygen atoms in total. The number of halogens is 1. The summed E-state index contributed by atoms with van der Waals surface area (Å²) in [6.45, 7) is 2.93. The highest BCUT2D eigenvalue weighted by Crippen LogP contribution is 2.08. The Labute approximate surface area is 123 Å². The molecule has 1 aliphatic heterocycles. The van der Waals surface area contributed by atoms with Gasteiger partial charge in [0.05, 0.1) is 13.0 Å². The molecule has 1 saturated heterocycles. The molecule has 0 aromatic heterocycles. The number of hydrogen-bond acceptors (Lipinski definition) is 3. The zero-order valence-corrected chi connectivity index (χ0v) is 12.1. The molecule has 21 heavy (non-hydrogen) atoms. The highest BCUT2D eigenvalue weighted by atomic mass is 19.1. The maximum Gasteiger partial charge on any atom is 0.233 e. The van der Waals surface area contributed by atoms with Crippen LogP contribution in [-0.4, -0.2) is 61.4 Å². The fourth-order valence-electron chi connectivity index (χ4n) is 2.37. The summed E-state index contributed by atoms with van der Waals surface area (Å²) in [5, 5.41) is 2.59. The molecule has 0 aliphatic carbocycles. The van der Waals surface area contributed by atoms with Gasteiger partial charge in [0.2, 0.25) is 11.8 Å². The Morgan fingerprint density at radius 1 is 1.24 bits per heavy atom. The Morgan fingerprint density at radius 2 is 1.95 bits per heavy atom. The molecule has 2 rings (SSSR count). The van der Waals surface area contributed by atoms with Gasteiger partial charge in [0.15, 0.2) is 0 Å². The number of benzene rings is 1. The molecule has 1 aromatic rings. The van der Waals surface area contributed by atoms with Crippen LogP contribution >= 0.6 is 0 Å². The largest absolute Gasteiger partial charge is 0.358 e. The number of carbonyl (C=O) groups excluding carboxylic acids is 2. The molecule has 1 N–H and O–H groups in total. The summed E-state index contributed by atoms with van der Waals surface area (Å²) >= 11 is 0. The van der Waals surface area contributed by atoms with Crippen molar-refractivity contribution >= 4 is 11.8 Å². The zero-order chi connectivity index (χ0) is 15.2. The molecular weight excluding hydrogens is 273 g/mol. The molecule has 0 spiro atoms. The summed E-state index contributed by atoms with van der Waals surface area (Å²) in [5.41, 5.74) is 0.688. The van der Waals surface area contributed by atoms with E-state index in [0.29, 0.717) is 38.3 Å². The average molecular weight is 293 g/mol.